The minimum absolute atomic E-state index is 0.566. The van der Waals surface area contributed by atoms with Crippen molar-refractivity contribution in [1.82, 2.24) is 25.3 Å². The van der Waals surface area contributed by atoms with Crippen LogP contribution in [0.15, 0.2) is 24.3 Å². The van der Waals surface area contributed by atoms with Gasteiger partial charge in [-0.2, -0.15) is 0 Å². The summed E-state index contributed by atoms with van der Waals surface area (Å²) in [5, 5.41) is 15.9. The van der Waals surface area contributed by atoms with E-state index in [2.05, 4.69) is 51.4 Å². The fourth-order valence-electron chi connectivity index (χ4n) is 1.58. The molecule has 0 radical (unpaired) electrons. The van der Waals surface area contributed by atoms with Gasteiger partial charge in [0.1, 0.15) is 0 Å². The van der Waals surface area contributed by atoms with Gasteiger partial charge in [-0.25, -0.2) is 0 Å². The molecule has 1 aromatic heterocycles. The van der Waals surface area contributed by atoms with E-state index in [1.807, 2.05) is 12.1 Å². The maximum Gasteiger partial charge on any atom is 0.203 e. The van der Waals surface area contributed by atoms with Crippen LogP contribution in [0.4, 0.5) is 0 Å². The second kappa shape index (κ2) is 5.64. The molecule has 2 rings (SSSR count). The summed E-state index contributed by atoms with van der Waals surface area (Å²) in [6.45, 7) is 5.90. The Morgan fingerprint density at radius 2 is 1.61 bits per heavy atom. The molecule has 5 nitrogen and oxygen atoms in total. The molecule has 0 unspecified atom stereocenters. The molecule has 18 heavy (non-hydrogen) atoms. The lowest BCUT2D eigenvalue weighted by atomic mass is 10.1. The Bertz CT molecular complexity index is 492. The molecule has 5 heteroatoms. The highest BCUT2D eigenvalue weighted by molar-refractivity contribution is 5.54. The lowest BCUT2D eigenvalue weighted by Gasteiger charge is -2.13. The quantitative estimate of drug-likeness (QED) is 0.818. The minimum Gasteiger partial charge on any atom is -0.302 e. The second-order valence-electron chi connectivity index (χ2n) is 4.30. The van der Waals surface area contributed by atoms with Crippen molar-refractivity contribution >= 4 is 0 Å². The smallest absolute Gasteiger partial charge is 0.203 e. The summed E-state index contributed by atoms with van der Waals surface area (Å²) in [5.74, 6) is 1.15. The highest BCUT2D eigenvalue weighted by Crippen LogP contribution is 2.14. The topological polar surface area (TPSA) is 54.8 Å². The van der Waals surface area contributed by atoms with E-state index in [-0.39, 0.29) is 0 Å². The number of hydrogen-bond acceptors (Lipinski definition) is 5. The maximum absolute atomic E-state index is 4.02. The average molecular weight is 243 g/mol. The molecule has 0 amide bonds. The Morgan fingerprint density at radius 3 is 2.17 bits per heavy atom. The molecule has 0 fully saturated rings. The Morgan fingerprint density at radius 1 is 1.00 bits per heavy atom. The number of rotatable bonds is 4. The third-order valence-corrected chi connectivity index (χ3v) is 2.78. The first kappa shape index (κ1) is 12.6. The fourth-order valence-corrected chi connectivity index (χ4v) is 1.58. The maximum atomic E-state index is 4.02. The molecule has 94 valence electrons. The van der Waals surface area contributed by atoms with Crippen molar-refractivity contribution in [3.63, 3.8) is 0 Å². The number of nitrogens with zero attached hydrogens (tertiary/aromatic N) is 5. The first-order valence-corrected chi connectivity index (χ1v) is 6.01. The SMILES string of the molecule is CCN(C)Cc1ccc(-c2nnc(C)nn2)cc1. The fraction of sp³-hybridized carbons (Fsp3) is 0.385. The normalized spacial score (nSPS) is 10.9. The summed E-state index contributed by atoms with van der Waals surface area (Å²) in [4.78, 5) is 2.25. The third-order valence-electron chi connectivity index (χ3n) is 2.78. The van der Waals surface area contributed by atoms with E-state index in [1.165, 1.54) is 5.56 Å². The molecule has 0 aliphatic carbocycles. The van der Waals surface area contributed by atoms with Crippen LogP contribution < -0.4 is 0 Å². The average Bonchev–Trinajstić information content (AvgIpc) is 2.40. The van der Waals surface area contributed by atoms with Crippen LogP contribution in [0.3, 0.4) is 0 Å². The van der Waals surface area contributed by atoms with Crippen LogP contribution in [0.1, 0.15) is 18.3 Å². The highest BCUT2D eigenvalue weighted by Gasteiger charge is 2.03. The van der Waals surface area contributed by atoms with Crippen molar-refractivity contribution < 1.29 is 0 Å². The summed E-state index contributed by atoms with van der Waals surface area (Å²) < 4.78 is 0. The number of hydrogen-bond donors (Lipinski definition) is 0. The zero-order valence-electron chi connectivity index (χ0n) is 11.0. The zero-order chi connectivity index (χ0) is 13.0. The van der Waals surface area contributed by atoms with Crippen LogP contribution in [0.2, 0.25) is 0 Å². The van der Waals surface area contributed by atoms with Gasteiger partial charge in [-0.05, 0) is 26.1 Å². The van der Waals surface area contributed by atoms with Gasteiger partial charge in [0.25, 0.3) is 0 Å². The molecule has 1 aromatic carbocycles. The largest absolute Gasteiger partial charge is 0.302 e. The molecule has 1 heterocycles. The second-order valence-corrected chi connectivity index (χ2v) is 4.30. The predicted octanol–water partition coefficient (Wildman–Crippen LogP) is 1.69. The van der Waals surface area contributed by atoms with Crippen LogP contribution in [0, 0.1) is 6.92 Å². The van der Waals surface area contributed by atoms with Crippen LogP contribution in [-0.4, -0.2) is 38.9 Å². The van der Waals surface area contributed by atoms with Gasteiger partial charge in [-0.15, -0.1) is 20.4 Å². The first-order valence-electron chi connectivity index (χ1n) is 6.01. The molecule has 0 spiro atoms. The number of aryl methyl sites for hydroxylation is 1. The molecule has 0 bridgehead atoms. The Balaban J connectivity index is 2.14. The Hall–Kier alpha value is -1.88. The van der Waals surface area contributed by atoms with Gasteiger partial charge in [-0.3, -0.25) is 0 Å². The van der Waals surface area contributed by atoms with Crippen molar-refractivity contribution in [3.8, 4) is 11.4 Å². The van der Waals surface area contributed by atoms with Gasteiger partial charge in [-0.1, -0.05) is 31.2 Å². The van der Waals surface area contributed by atoms with Crippen molar-refractivity contribution in [2.75, 3.05) is 13.6 Å². The van der Waals surface area contributed by atoms with Gasteiger partial charge >= 0.3 is 0 Å². The monoisotopic (exact) mass is 243 g/mol. The van der Waals surface area contributed by atoms with Crippen LogP contribution in [-0.2, 0) is 6.54 Å². The molecule has 0 aliphatic heterocycles. The number of aromatic nitrogens is 4. The first-order chi connectivity index (χ1) is 8.69. The molecular weight excluding hydrogens is 226 g/mol. The lowest BCUT2D eigenvalue weighted by Crippen LogP contribution is -2.16. The van der Waals surface area contributed by atoms with E-state index in [0.29, 0.717) is 11.6 Å². The molecule has 0 atom stereocenters. The van der Waals surface area contributed by atoms with Gasteiger partial charge in [0, 0.05) is 12.1 Å². The van der Waals surface area contributed by atoms with Gasteiger partial charge < -0.3 is 4.90 Å². The third kappa shape index (κ3) is 3.07. The van der Waals surface area contributed by atoms with E-state index < -0.39 is 0 Å². The highest BCUT2D eigenvalue weighted by atomic mass is 15.3. The Kier molecular flexibility index (Phi) is 3.94. The zero-order valence-corrected chi connectivity index (χ0v) is 11.0. The van der Waals surface area contributed by atoms with Crippen LogP contribution in [0.5, 0.6) is 0 Å². The predicted molar refractivity (Wildman–Crippen MR) is 69.8 cm³/mol. The van der Waals surface area contributed by atoms with Gasteiger partial charge in [0.2, 0.25) is 5.82 Å². The molecule has 0 saturated carbocycles. The summed E-state index contributed by atoms with van der Waals surface area (Å²) in [6, 6.07) is 8.19. The van der Waals surface area contributed by atoms with Crippen molar-refractivity contribution in [3.05, 3.63) is 35.7 Å². The molecule has 0 aliphatic rings. The van der Waals surface area contributed by atoms with E-state index >= 15 is 0 Å². The standard InChI is InChI=1S/C13H17N5/c1-4-18(3)9-11-5-7-12(8-6-11)13-16-14-10(2)15-17-13/h5-8H,4,9H2,1-3H3. The van der Waals surface area contributed by atoms with Crippen molar-refractivity contribution in [2.45, 2.75) is 20.4 Å². The van der Waals surface area contributed by atoms with E-state index in [0.717, 1.165) is 18.7 Å². The Labute approximate surface area is 107 Å². The van der Waals surface area contributed by atoms with Crippen LogP contribution in [0.25, 0.3) is 11.4 Å². The molecule has 0 saturated heterocycles. The van der Waals surface area contributed by atoms with Crippen LogP contribution >= 0.6 is 0 Å². The molecule has 2 aromatic rings. The summed E-state index contributed by atoms with van der Waals surface area (Å²) >= 11 is 0. The summed E-state index contributed by atoms with van der Waals surface area (Å²) in [7, 11) is 2.10. The van der Waals surface area contributed by atoms with E-state index in [9.17, 15) is 0 Å². The van der Waals surface area contributed by atoms with E-state index in [4.69, 9.17) is 0 Å². The van der Waals surface area contributed by atoms with E-state index in [1.54, 1.807) is 6.92 Å². The minimum atomic E-state index is 0.566. The van der Waals surface area contributed by atoms with Crippen molar-refractivity contribution in [2.24, 2.45) is 0 Å². The summed E-state index contributed by atoms with van der Waals surface area (Å²) in [6.07, 6.45) is 0. The van der Waals surface area contributed by atoms with Gasteiger partial charge in [0.05, 0.1) is 0 Å². The molecule has 0 N–H and O–H groups in total. The summed E-state index contributed by atoms with van der Waals surface area (Å²) in [5.41, 5.74) is 2.22. The lowest BCUT2D eigenvalue weighted by molar-refractivity contribution is 0.346. The molecular formula is C13H17N5. The van der Waals surface area contributed by atoms with Crippen molar-refractivity contribution in [1.29, 1.82) is 0 Å². The van der Waals surface area contributed by atoms with Gasteiger partial charge in [0.15, 0.2) is 5.82 Å². The number of benzene rings is 1.